The summed E-state index contributed by atoms with van der Waals surface area (Å²) in [5, 5.41) is 7.82. The van der Waals surface area contributed by atoms with E-state index in [4.69, 9.17) is 12.2 Å². The van der Waals surface area contributed by atoms with Crippen molar-refractivity contribution in [1.29, 1.82) is 0 Å². The molecule has 3 rings (SSSR count). The van der Waals surface area contributed by atoms with Crippen LogP contribution < -0.4 is 5.32 Å². The van der Waals surface area contributed by atoms with Crippen LogP contribution in [0.25, 0.3) is 6.08 Å². The van der Waals surface area contributed by atoms with Gasteiger partial charge in [0, 0.05) is 19.3 Å². The first-order valence-electron chi connectivity index (χ1n) is 7.01. The van der Waals surface area contributed by atoms with Crippen LogP contribution in [0.4, 0.5) is 0 Å². The van der Waals surface area contributed by atoms with Crippen LogP contribution in [-0.4, -0.2) is 31.7 Å². The summed E-state index contributed by atoms with van der Waals surface area (Å²) in [5.41, 5.74) is 1.29. The van der Waals surface area contributed by atoms with E-state index >= 15 is 0 Å². The van der Waals surface area contributed by atoms with E-state index in [1.165, 1.54) is 19.3 Å². The van der Waals surface area contributed by atoms with Crippen LogP contribution in [0.15, 0.2) is 18.0 Å². The fourth-order valence-electron chi connectivity index (χ4n) is 2.88. The van der Waals surface area contributed by atoms with Gasteiger partial charge < -0.3 is 5.32 Å². The number of rotatable bonds is 2. The number of aryl methyl sites for hydroxylation is 1. The van der Waals surface area contributed by atoms with Gasteiger partial charge >= 0.3 is 0 Å². The Morgan fingerprint density at radius 2 is 2.15 bits per heavy atom. The maximum Gasteiger partial charge on any atom is 0.276 e. The van der Waals surface area contributed by atoms with Gasteiger partial charge in [0.2, 0.25) is 0 Å². The molecular weight excluding hydrogens is 272 g/mol. The van der Waals surface area contributed by atoms with Gasteiger partial charge in [-0.25, -0.2) is 0 Å². The molecule has 1 aromatic heterocycles. The van der Waals surface area contributed by atoms with Gasteiger partial charge in [-0.1, -0.05) is 19.3 Å². The third-order valence-electron chi connectivity index (χ3n) is 3.88. The van der Waals surface area contributed by atoms with E-state index in [0.29, 0.717) is 10.8 Å². The van der Waals surface area contributed by atoms with Gasteiger partial charge in [-0.15, -0.1) is 0 Å². The van der Waals surface area contributed by atoms with Crippen molar-refractivity contribution in [3.63, 3.8) is 0 Å². The minimum Gasteiger partial charge on any atom is -0.328 e. The Morgan fingerprint density at radius 3 is 2.80 bits per heavy atom. The molecule has 1 N–H and O–H groups in total. The molecule has 0 atom stereocenters. The molecule has 20 heavy (non-hydrogen) atoms. The van der Waals surface area contributed by atoms with Crippen molar-refractivity contribution in [2.24, 2.45) is 7.05 Å². The summed E-state index contributed by atoms with van der Waals surface area (Å²) in [7, 11) is 1.85. The fraction of sp³-hybridized carbons (Fsp3) is 0.500. The first-order valence-corrected chi connectivity index (χ1v) is 7.42. The number of hydrogen-bond donors (Lipinski definition) is 1. The number of nitrogens with one attached hydrogen (secondary N) is 1. The molecule has 106 valence electrons. The highest BCUT2D eigenvalue weighted by Crippen LogP contribution is 2.26. The lowest BCUT2D eigenvalue weighted by molar-refractivity contribution is -0.124. The Hall–Kier alpha value is -1.69. The number of aromatic nitrogens is 2. The average molecular weight is 290 g/mol. The number of thiocarbonyl (C=S) groups is 1. The van der Waals surface area contributed by atoms with Gasteiger partial charge in [-0.3, -0.25) is 14.4 Å². The van der Waals surface area contributed by atoms with E-state index in [-0.39, 0.29) is 11.9 Å². The third-order valence-corrected chi connectivity index (χ3v) is 4.17. The van der Waals surface area contributed by atoms with Crippen molar-refractivity contribution in [1.82, 2.24) is 20.0 Å². The highest BCUT2D eigenvalue weighted by Gasteiger charge is 2.36. The normalized spacial score (nSPS) is 22.6. The molecule has 1 amide bonds. The van der Waals surface area contributed by atoms with Gasteiger partial charge in [-0.2, -0.15) is 5.10 Å². The first-order chi connectivity index (χ1) is 9.65. The number of hydrogen-bond acceptors (Lipinski definition) is 3. The summed E-state index contributed by atoms with van der Waals surface area (Å²) >= 11 is 5.32. The summed E-state index contributed by atoms with van der Waals surface area (Å²) in [6.45, 7) is 0. The van der Waals surface area contributed by atoms with Gasteiger partial charge in [0.25, 0.3) is 5.91 Å². The Kier molecular flexibility index (Phi) is 3.56. The maximum absolute atomic E-state index is 12.5. The highest BCUT2D eigenvalue weighted by molar-refractivity contribution is 7.80. The third kappa shape index (κ3) is 2.47. The molecule has 2 heterocycles. The molecule has 2 aliphatic rings. The van der Waals surface area contributed by atoms with Crippen molar-refractivity contribution < 1.29 is 4.79 Å². The summed E-state index contributed by atoms with van der Waals surface area (Å²) in [4.78, 5) is 14.3. The Morgan fingerprint density at radius 1 is 1.40 bits per heavy atom. The lowest BCUT2D eigenvalue weighted by atomic mass is 9.94. The van der Waals surface area contributed by atoms with E-state index in [1.54, 1.807) is 15.7 Å². The summed E-state index contributed by atoms with van der Waals surface area (Å²) in [6, 6.07) is 2.12. The first kappa shape index (κ1) is 13.3. The number of carbonyl (C=O) groups is 1. The largest absolute Gasteiger partial charge is 0.328 e. The molecule has 6 heteroatoms. The van der Waals surface area contributed by atoms with Gasteiger partial charge in [0.1, 0.15) is 5.70 Å². The molecule has 1 saturated carbocycles. The predicted octanol–water partition coefficient (Wildman–Crippen LogP) is 1.81. The number of amides is 1. The number of carbonyl (C=O) groups excluding carboxylic acids is 1. The lowest BCUT2D eigenvalue weighted by Gasteiger charge is -2.29. The van der Waals surface area contributed by atoms with Crippen molar-refractivity contribution >= 4 is 29.3 Å². The zero-order valence-corrected chi connectivity index (χ0v) is 12.3. The monoisotopic (exact) mass is 290 g/mol. The van der Waals surface area contributed by atoms with Crippen molar-refractivity contribution in [2.75, 3.05) is 0 Å². The van der Waals surface area contributed by atoms with Crippen LogP contribution in [0, 0.1) is 0 Å². The Bertz CT molecular complexity index is 571. The minimum atomic E-state index is -0.0208. The average Bonchev–Trinajstić information content (AvgIpc) is 2.96. The van der Waals surface area contributed by atoms with Crippen LogP contribution >= 0.6 is 12.2 Å². The second-order valence-electron chi connectivity index (χ2n) is 5.37. The highest BCUT2D eigenvalue weighted by atomic mass is 32.1. The Balaban J connectivity index is 1.81. The van der Waals surface area contributed by atoms with Crippen LogP contribution in [0.5, 0.6) is 0 Å². The van der Waals surface area contributed by atoms with Gasteiger partial charge in [-0.05, 0) is 37.2 Å². The van der Waals surface area contributed by atoms with Crippen molar-refractivity contribution in [3.05, 3.63) is 23.7 Å². The molecule has 5 nitrogen and oxygen atoms in total. The molecule has 0 spiro atoms. The molecule has 2 fully saturated rings. The molecule has 1 saturated heterocycles. The topological polar surface area (TPSA) is 50.2 Å². The SMILES string of the molecule is Cn1ccc(/C=C2/NC(=S)N(C3CCCCC3)C2=O)n1. The standard InChI is InChI=1S/C14H18N4OS/c1-17-8-7-10(16-17)9-12-13(19)18(14(20)15-12)11-5-3-2-4-6-11/h7-9,11H,2-6H2,1H3,(H,15,20)/b12-9+. The van der Waals surface area contributed by atoms with E-state index in [9.17, 15) is 4.79 Å². The van der Waals surface area contributed by atoms with Crippen molar-refractivity contribution in [3.8, 4) is 0 Å². The molecule has 1 aliphatic carbocycles. The zero-order valence-electron chi connectivity index (χ0n) is 11.5. The van der Waals surface area contributed by atoms with E-state index in [2.05, 4.69) is 10.4 Å². The van der Waals surface area contributed by atoms with Crippen LogP contribution in [-0.2, 0) is 11.8 Å². The minimum absolute atomic E-state index is 0.0208. The van der Waals surface area contributed by atoms with Gasteiger partial charge in [0.15, 0.2) is 5.11 Å². The molecule has 0 aromatic carbocycles. The van der Waals surface area contributed by atoms with Crippen LogP contribution in [0.1, 0.15) is 37.8 Å². The van der Waals surface area contributed by atoms with E-state index in [0.717, 1.165) is 18.5 Å². The lowest BCUT2D eigenvalue weighted by Crippen LogP contribution is -2.41. The smallest absolute Gasteiger partial charge is 0.276 e. The maximum atomic E-state index is 12.5. The quantitative estimate of drug-likeness (QED) is 0.667. The van der Waals surface area contributed by atoms with Crippen LogP contribution in [0.2, 0.25) is 0 Å². The van der Waals surface area contributed by atoms with Crippen molar-refractivity contribution in [2.45, 2.75) is 38.1 Å². The van der Waals surface area contributed by atoms with E-state index < -0.39 is 0 Å². The molecule has 1 aliphatic heterocycles. The Labute approximate surface area is 123 Å². The predicted molar refractivity (Wildman–Crippen MR) is 80.6 cm³/mol. The summed E-state index contributed by atoms with van der Waals surface area (Å²) < 4.78 is 1.71. The summed E-state index contributed by atoms with van der Waals surface area (Å²) in [6.07, 6.45) is 9.32. The molecular formula is C14H18N4OS. The molecule has 0 radical (unpaired) electrons. The van der Waals surface area contributed by atoms with Gasteiger partial charge in [0.05, 0.1) is 5.69 Å². The molecule has 1 aromatic rings. The number of nitrogens with zero attached hydrogens (tertiary/aromatic N) is 3. The van der Waals surface area contributed by atoms with E-state index in [1.807, 2.05) is 19.3 Å². The fourth-order valence-corrected chi connectivity index (χ4v) is 3.22. The molecule has 0 bridgehead atoms. The molecule has 0 unspecified atom stereocenters. The second-order valence-corrected chi connectivity index (χ2v) is 5.76. The summed E-state index contributed by atoms with van der Waals surface area (Å²) in [5.74, 6) is -0.0208. The zero-order chi connectivity index (χ0) is 14.1. The van der Waals surface area contributed by atoms with Crippen LogP contribution in [0.3, 0.4) is 0 Å². The second kappa shape index (κ2) is 5.36.